The minimum atomic E-state index is 0. The number of carbonyl (C=O) groups is 1. The maximum Gasteiger partial charge on any atom is 0.298 e. The molecule has 16 nitrogen and oxygen atoms in total. The van der Waals surface area contributed by atoms with Crippen LogP contribution in [0.15, 0.2) is 94.6 Å². The van der Waals surface area contributed by atoms with E-state index < -0.39 is 0 Å². The quantitative estimate of drug-likeness (QED) is 0.0489. The third kappa shape index (κ3) is 9.33. The molecule has 0 fully saturated rings. The van der Waals surface area contributed by atoms with Gasteiger partial charge in [-0.2, -0.15) is 4.98 Å². The first kappa shape index (κ1) is 41.6. The average Bonchev–Trinajstić information content (AvgIpc) is 3.94. The summed E-state index contributed by atoms with van der Waals surface area (Å²) in [7, 11) is 3.15. The number of methoxy groups -OCH3 is 2. The minimum absolute atomic E-state index is 0. The van der Waals surface area contributed by atoms with Crippen LogP contribution in [0.2, 0.25) is 0 Å². The van der Waals surface area contributed by atoms with E-state index in [-0.39, 0.29) is 32.8 Å². The zero-order chi connectivity index (χ0) is 37.2. The van der Waals surface area contributed by atoms with Crippen LogP contribution in [0.4, 0.5) is 0 Å². The van der Waals surface area contributed by atoms with E-state index in [4.69, 9.17) is 29.7 Å². The first-order valence-electron chi connectivity index (χ1n) is 16.1. The van der Waals surface area contributed by atoms with Crippen molar-refractivity contribution in [1.82, 2.24) is 40.1 Å². The lowest BCUT2D eigenvalue weighted by molar-refractivity contribution is -0.120. The molecule has 0 radical (unpaired) electrons. The summed E-state index contributed by atoms with van der Waals surface area (Å²) in [6, 6.07) is 26.2. The Morgan fingerprint density at radius 1 is 0.815 bits per heavy atom. The molecule has 0 spiro atoms. The molecule has 0 atom stereocenters. The monoisotopic (exact) mass is 738 g/mol. The summed E-state index contributed by atoms with van der Waals surface area (Å²) in [5.41, 5.74) is 11.0. The fraction of sp³-hybridized carbons (Fsp3) is 0.263. The third-order valence-corrected chi connectivity index (χ3v) is 7.59. The van der Waals surface area contributed by atoms with Crippen LogP contribution < -0.4 is 19.9 Å². The van der Waals surface area contributed by atoms with Gasteiger partial charge in [-0.3, -0.25) is 4.79 Å². The standard InChI is InChI=1S/C18H17N5O2.C10H11N3O2.C8H10N2O2.2CH4/c1-11(2)23-15-9-8-12(10-14(15)20-22-23)18-19-17(21-25-18)13-6-4-5-7-16(13)24-3;1-7(2)13-10-4-3-8(15-6-14)5-9(10)11-12-13;1-12-7-5-3-2-4-6(7)8(9)10-11;;/h4-11H,1-3H3;3-7H,1-2H3;2-5,11H,1H3,(H2,9,10);2*1H4. The molecule has 3 N–H and O–H groups in total. The predicted molar refractivity (Wildman–Crippen MR) is 207 cm³/mol. The van der Waals surface area contributed by atoms with Crippen molar-refractivity contribution < 1.29 is 28.7 Å². The molecule has 7 aromatic rings. The molecule has 0 aliphatic carbocycles. The topological polar surface area (TPSA) is 204 Å². The number of para-hydroxylation sites is 2. The highest BCUT2D eigenvalue weighted by atomic mass is 16.5. The maximum absolute atomic E-state index is 10.2. The molecule has 7 rings (SSSR count). The molecular weight excluding hydrogens is 692 g/mol. The van der Waals surface area contributed by atoms with E-state index in [1.807, 2.05) is 77.8 Å². The first-order chi connectivity index (χ1) is 25.2. The molecular formula is C38H46N10O6. The second kappa shape index (κ2) is 19.1. The second-order valence-electron chi connectivity index (χ2n) is 11.6. The van der Waals surface area contributed by atoms with Crippen LogP contribution in [0.25, 0.3) is 44.9 Å². The number of hydrogen-bond acceptors (Lipinski definition) is 13. The highest BCUT2D eigenvalue weighted by Crippen LogP contribution is 2.30. The van der Waals surface area contributed by atoms with Gasteiger partial charge in [-0.05, 0) is 82.3 Å². The lowest BCUT2D eigenvalue weighted by Gasteiger charge is -2.05. The van der Waals surface area contributed by atoms with E-state index in [1.165, 1.54) is 7.11 Å². The summed E-state index contributed by atoms with van der Waals surface area (Å²) < 4.78 is 24.2. The second-order valence-corrected chi connectivity index (χ2v) is 11.6. The lowest BCUT2D eigenvalue weighted by Crippen LogP contribution is -2.14. The van der Waals surface area contributed by atoms with Crippen LogP contribution in [-0.4, -0.2) is 71.9 Å². The number of ether oxygens (including phenoxy) is 3. The Hall–Kier alpha value is -6.84. The first-order valence-corrected chi connectivity index (χ1v) is 16.1. The molecule has 16 heteroatoms. The summed E-state index contributed by atoms with van der Waals surface area (Å²) >= 11 is 0. The normalized spacial score (nSPS) is 10.8. The largest absolute Gasteiger partial charge is 0.496 e. The molecule has 3 aromatic heterocycles. The highest BCUT2D eigenvalue weighted by Gasteiger charge is 2.16. The van der Waals surface area contributed by atoms with Gasteiger partial charge >= 0.3 is 0 Å². The molecule has 0 bridgehead atoms. The molecule has 284 valence electrons. The van der Waals surface area contributed by atoms with Crippen LogP contribution >= 0.6 is 0 Å². The molecule has 0 saturated carbocycles. The number of rotatable bonds is 9. The number of nitrogens with zero attached hydrogens (tertiary/aromatic N) is 9. The molecule has 0 saturated heterocycles. The van der Waals surface area contributed by atoms with Gasteiger partial charge in [0.15, 0.2) is 5.84 Å². The van der Waals surface area contributed by atoms with Crippen molar-refractivity contribution in [3.8, 4) is 40.1 Å². The van der Waals surface area contributed by atoms with Gasteiger partial charge in [0.25, 0.3) is 12.4 Å². The number of hydrogen-bond donors (Lipinski definition) is 2. The number of amidine groups is 1. The number of carbonyl (C=O) groups excluding carboxylic acids is 1. The van der Waals surface area contributed by atoms with E-state index in [1.54, 1.807) is 37.4 Å². The Morgan fingerprint density at radius 2 is 1.39 bits per heavy atom. The van der Waals surface area contributed by atoms with Crippen LogP contribution in [0, 0.1) is 0 Å². The Morgan fingerprint density at radius 3 is 1.98 bits per heavy atom. The fourth-order valence-corrected chi connectivity index (χ4v) is 5.08. The summed E-state index contributed by atoms with van der Waals surface area (Å²) in [5.74, 6) is 2.74. The van der Waals surface area contributed by atoms with Gasteiger partial charge in [-0.15, -0.1) is 10.2 Å². The van der Waals surface area contributed by atoms with Gasteiger partial charge < -0.3 is 29.7 Å². The molecule has 0 aliphatic heterocycles. The van der Waals surface area contributed by atoms with Crippen molar-refractivity contribution in [3.05, 3.63) is 90.5 Å². The number of benzene rings is 4. The van der Waals surface area contributed by atoms with Crippen LogP contribution in [0.1, 0.15) is 60.2 Å². The van der Waals surface area contributed by atoms with Crippen molar-refractivity contribution in [3.63, 3.8) is 0 Å². The zero-order valence-electron chi connectivity index (χ0n) is 29.4. The SMILES string of the molecule is C.C.CC(C)n1nnc2cc(OC=O)ccc21.COc1ccccc1-c1noc(-c2ccc3c(c2)nnn3C(C)C)n1.COc1ccccc1C(N)=NO. The minimum Gasteiger partial charge on any atom is -0.496 e. The summed E-state index contributed by atoms with van der Waals surface area (Å²) in [6.07, 6.45) is 0. The number of aromatic nitrogens is 8. The summed E-state index contributed by atoms with van der Waals surface area (Å²) in [5, 5.41) is 31.8. The van der Waals surface area contributed by atoms with Crippen molar-refractivity contribution in [2.75, 3.05) is 14.2 Å². The van der Waals surface area contributed by atoms with Crippen molar-refractivity contribution in [2.24, 2.45) is 10.9 Å². The molecule has 0 amide bonds. The van der Waals surface area contributed by atoms with Gasteiger partial charge in [0.2, 0.25) is 5.82 Å². The van der Waals surface area contributed by atoms with Crippen LogP contribution in [0.3, 0.4) is 0 Å². The van der Waals surface area contributed by atoms with E-state index in [9.17, 15) is 4.79 Å². The number of fused-ring (bicyclic) bond motifs is 2. The molecule has 0 unspecified atom stereocenters. The highest BCUT2D eigenvalue weighted by molar-refractivity contribution is 5.99. The zero-order valence-corrected chi connectivity index (χ0v) is 29.4. The van der Waals surface area contributed by atoms with E-state index in [0.717, 1.165) is 33.2 Å². The third-order valence-electron chi connectivity index (χ3n) is 7.59. The van der Waals surface area contributed by atoms with Crippen LogP contribution in [0.5, 0.6) is 17.2 Å². The van der Waals surface area contributed by atoms with Gasteiger partial charge in [-0.1, -0.05) is 59.9 Å². The van der Waals surface area contributed by atoms with Crippen molar-refractivity contribution >= 4 is 34.4 Å². The fourth-order valence-electron chi connectivity index (χ4n) is 5.08. The maximum atomic E-state index is 10.2. The number of nitrogens with two attached hydrogens (primary N) is 1. The molecule has 3 heterocycles. The number of oxime groups is 1. The molecule has 54 heavy (non-hydrogen) atoms. The molecule has 0 aliphatic rings. The average molecular weight is 739 g/mol. The Bertz CT molecular complexity index is 2290. The van der Waals surface area contributed by atoms with Gasteiger partial charge in [0.1, 0.15) is 28.3 Å². The van der Waals surface area contributed by atoms with E-state index in [0.29, 0.717) is 41.0 Å². The Labute approximate surface area is 313 Å². The van der Waals surface area contributed by atoms with Gasteiger partial charge in [0.05, 0.1) is 36.4 Å². The Kier molecular flexibility index (Phi) is 14.7. The molecule has 4 aromatic carbocycles. The lowest BCUT2D eigenvalue weighted by atomic mass is 10.2. The Balaban J connectivity index is 0.000000233. The smallest absolute Gasteiger partial charge is 0.298 e. The summed E-state index contributed by atoms with van der Waals surface area (Å²) in [6.45, 7) is 8.60. The van der Waals surface area contributed by atoms with Gasteiger partial charge in [-0.25, -0.2) is 9.36 Å². The van der Waals surface area contributed by atoms with Crippen LogP contribution in [-0.2, 0) is 4.79 Å². The summed E-state index contributed by atoms with van der Waals surface area (Å²) in [4.78, 5) is 14.7. The van der Waals surface area contributed by atoms with E-state index in [2.05, 4.69) is 49.8 Å². The van der Waals surface area contributed by atoms with Crippen molar-refractivity contribution in [2.45, 2.75) is 54.6 Å². The van der Waals surface area contributed by atoms with Gasteiger partial charge in [0, 0.05) is 23.7 Å². The predicted octanol–water partition coefficient (Wildman–Crippen LogP) is 7.35. The van der Waals surface area contributed by atoms with Crippen molar-refractivity contribution in [1.29, 1.82) is 0 Å². The van der Waals surface area contributed by atoms with E-state index >= 15 is 0 Å².